The first-order chi connectivity index (χ1) is 16.0. The van der Waals surface area contributed by atoms with Crippen molar-refractivity contribution >= 4 is 5.82 Å². The monoisotopic (exact) mass is 447 g/mol. The van der Waals surface area contributed by atoms with E-state index in [1.54, 1.807) is 10.7 Å². The summed E-state index contributed by atoms with van der Waals surface area (Å²) in [5.41, 5.74) is 3.88. The molecule has 0 bridgehead atoms. The molecule has 33 heavy (non-hydrogen) atoms. The second kappa shape index (κ2) is 8.77. The molecule has 3 nitrogen and oxygen atoms in total. The summed E-state index contributed by atoms with van der Waals surface area (Å²) in [6, 6.07) is 25.7. The number of fused-ring (bicyclic) bond motifs is 1. The highest BCUT2D eigenvalue weighted by atomic mass is 19.4. The zero-order chi connectivity index (χ0) is 22.8. The molecule has 0 saturated carbocycles. The maximum atomic E-state index is 13.4. The van der Waals surface area contributed by atoms with Crippen LogP contribution in [0.3, 0.4) is 0 Å². The highest BCUT2D eigenvalue weighted by Crippen LogP contribution is 2.39. The molecule has 0 saturated heterocycles. The molecule has 3 aromatic carbocycles. The second-order valence-corrected chi connectivity index (χ2v) is 8.31. The summed E-state index contributed by atoms with van der Waals surface area (Å²) < 4.78 is 41.9. The molecule has 4 aromatic rings. The lowest BCUT2D eigenvalue weighted by atomic mass is 9.86. The van der Waals surface area contributed by atoms with E-state index < -0.39 is 11.7 Å². The summed E-state index contributed by atoms with van der Waals surface area (Å²) >= 11 is 0. The quantitative estimate of drug-likeness (QED) is 0.372. The van der Waals surface area contributed by atoms with Crippen molar-refractivity contribution in [3.8, 4) is 5.69 Å². The van der Waals surface area contributed by atoms with E-state index in [9.17, 15) is 13.2 Å². The zero-order valence-electron chi connectivity index (χ0n) is 18.0. The number of hydrogen-bond donors (Lipinski definition) is 1. The van der Waals surface area contributed by atoms with E-state index in [2.05, 4.69) is 29.6 Å². The van der Waals surface area contributed by atoms with Crippen LogP contribution in [0.4, 0.5) is 19.0 Å². The Balaban J connectivity index is 1.72. The molecule has 0 radical (unpaired) electrons. The minimum absolute atomic E-state index is 0.118. The van der Waals surface area contributed by atoms with Crippen molar-refractivity contribution in [1.29, 1.82) is 0 Å². The summed E-state index contributed by atoms with van der Waals surface area (Å²) in [4.78, 5) is 0. The normalized spacial score (nSPS) is 13.9. The van der Waals surface area contributed by atoms with Crippen molar-refractivity contribution in [1.82, 2.24) is 9.78 Å². The third kappa shape index (κ3) is 4.25. The third-order valence-electron chi connectivity index (χ3n) is 6.12. The number of benzene rings is 3. The lowest BCUT2D eigenvalue weighted by molar-refractivity contribution is -0.137. The minimum atomic E-state index is -4.41. The van der Waals surface area contributed by atoms with Gasteiger partial charge in [-0.2, -0.15) is 18.3 Å². The summed E-state index contributed by atoms with van der Waals surface area (Å²) in [7, 11) is 0. The molecule has 2 heterocycles. The Morgan fingerprint density at radius 3 is 2.12 bits per heavy atom. The molecule has 5 rings (SSSR count). The first-order valence-electron chi connectivity index (χ1n) is 11.2. The van der Waals surface area contributed by atoms with Gasteiger partial charge in [-0.1, -0.05) is 66.7 Å². The lowest BCUT2D eigenvalue weighted by Gasteiger charge is -2.18. The maximum Gasteiger partial charge on any atom is 0.416 e. The van der Waals surface area contributed by atoms with Crippen LogP contribution >= 0.6 is 0 Å². The first kappa shape index (κ1) is 21.3. The summed E-state index contributed by atoms with van der Waals surface area (Å²) in [6.45, 7) is 0.762. The Hall–Kier alpha value is -3.54. The molecule has 0 amide bonds. The van der Waals surface area contributed by atoms with Gasteiger partial charge < -0.3 is 5.32 Å². The highest BCUT2D eigenvalue weighted by Gasteiger charge is 2.32. The number of alkyl halides is 3. The molecule has 1 N–H and O–H groups in total. The van der Waals surface area contributed by atoms with Gasteiger partial charge in [0.05, 0.1) is 22.9 Å². The summed E-state index contributed by atoms with van der Waals surface area (Å²) in [6.07, 6.45) is -1.59. The molecular formula is C27H24F3N3. The maximum absolute atomic E-state index is 13.4. The Morgan fingerprint density at radius 2 is 1.48 bits per heavy atom. The first-order valence-corrected chi connectivity index (χ1v) is 11.2. The largest absolute Gasteiger partial charge is 0.416 e. The average molecular weight is 448 g/mol. The van der Waals surface area contributed by atoms with Gasteiger partial charge in [0, 0.05) is 12.1 Å². The molecule has 0 spiro atoms. The van der Waals surface area contributed by atoms with Gasteiger partial charge in [-0.3, -0.25) is 0 Å². The molecule has 6 heteroatoms. The molecule has 0 unspecified atom stereocenters. The Labute approximate surface area is 190 Å². The van der Waals surface area contributed by atoms with Crippen LogP contribution in [-0.4, -0.2) is 16.3 Å². The topological polar surface area (TPSA) is 29.9 Å². The smallest absolute Gasteiger partial charge is 0.370 e. The van der Waals surface area contributed by atoms with Crippen LogP contribution in [0, 0.1) is 0 Å². The summed E-state index contributed by atoms with van der Waals surface area (Å²) in [5, 5.41) is 8.41. The van der Waals surface area contributed by atoms with E-state index in [4.69, 9.17) is 5.10 Å². The van der Waals surface area contributed by atoms with Gasteiger partial charge in [0.15, 0.2) is 0 Å². The zero-order valence-corrected chi connectivity index (χ0v) is 18.0. The number of anilines is 1. The lowest BCUT2D eigenvalue weighted by Crippen LogP contribution is -2.10. The molecule has 1 aliphatic heterocycles. The number of nitrogens with one attached hydrogen (secondary N) is 1. The van der Waals surface area contributed by atoms with Gasteiger partial charge in [-0.05, 0) is 48.6 Å². The van der Waals surface area contributed by atoms with Gasteiger partial charge >= 0.3 is 6.18 Å². The Morgan fingerprint density at radius 1 is 0.818 bits per heavy atom. The second-order valence-electron chi connectivity index (χ2n) is 8.31. The molecular weight excluding hydrogens is 423 g/mol. The van der Waals surface area contributed by atoms with Crippen molar-refractivity contribution in [2.75, 3.05) is 11.9 Å². The van der Waals surface area contributed by atoms with Crippen LogP contribution in [0.5, 0.6) is 0 Å². The van der Waals surface area contributed by atoms with Gasteiger partial charge in [-0.15, -0.1) is 0 Å². The molecule has 1 aliphatic rings. The van der Waals surface area contributed by atoms with Crippen molar-refractivity contribution in [2.45, 2.75) is 31.4 Å². The van der Waals surface area contributed by atoms with E-state index in [0.29, 0.717) is 5.69 Å². The van der Waals surface area contributed by atoms with Crippen molar-refractivity contribution < 1.29 is 13.2 Å². The van der Waals surface area contributed by atoms with Crippen molar-refractivity contribution in [3.63, 3.8) is 0 Å². The van der Waals surface area contributed by atoms with Crippen molar-refractivity contribution in [2.24, 2.45) is 0 Å². The van der Waals surface area contributed by atoms with Crippen molar-refractivity contribution in [3.05, 3.63) is 113 Å². The van der Waals surface area contributed by atoms with Crippen LogP contribution in [-0.2, 0) is 12.6 Å². The number of hydrogen-bond acceptors (Lipinski definition) is 2. The third-order valence-corrected chi connectivity index (χ3v) is 6.12. The van der Waals surface area contributed by atoms with E-state index >= 15 is 0 Å². The molecule has 168 valence electrons. The van der Waals surface area contributed by atoms with Crippen LogP contribution in [0.2, 0.25) is 0 Å². The molecule has 1 aromatic heterocycles. The number of rotatable bonds is 4. The van der Waals surface area contributed by atoms with E-state index in [1.807, 2.05) is 36.4 Å². The SMILES string of the molecule is FC(F)(F)c1cccc(-n2nc(C(c3ccccc3)c3ccccc3)c3c2NCCCC3)c1. The number of halogens is 3. The molecule has 0 fully saturated rings. The fourth-order valence-electron chi connectivity index (χ4n) is 4.56. The van der Waals surface area contributed by atoms with Crippen LogP contribution in [0.15, 0.2) is 84.9 Å². The summed E-state index contributed by atoms with van der Waals surface area (Å²) in [5.74, 6) is 0.673. The van der Waals surface area contributed by atoms with Gasteiger partial charge in [-0.25, -0.2) is 4.68 Å². The number of aromatic nitrogens is 2. The fraction of sp³-hybridized carbons (Fsp3) is 0.222. The van der Waals surface area contributed by atoms with E-state index in [-0.39, 0.29) is 5.92 Å². The van der Waals surface area contributed by atoms with E-state index in [0.717, 1.165) is 60.1 Å². The van der Waals surface area contributed by atoms with Gasteiger partial charge in [0.1, 0.15) is 5.82 Å². The van der Waals surface area contributed by atoms with Gasteiger partial charge in [0.2, 0.25) is 0 Å². The highest BCUT2D eigenvalue weighted by molar-refractivity contribution is 5.58. The van der Waals surface area contributed by atoms with Gasteiger partial charge in [0.25, 0.3) is 0 Å². The fourth-order valence-corrected chi connectivity index (χ4v) is 4.56. The standard InChI is InChI=1S/C27H24F3N3/c28-27(29,30)21-14-9-15-22(18-21)33-26-23(16-7-8-17-31-26)25(32-33)24(19-10-3-1-4-11-19)20-12-5-2-6-13-20/h1-6,9-15,18,24,31H,7-8,16-17H2. The van der Waals surface area contributed by atoms with Crippen LogP contribution in [0.1, 0.15) is 46.7 Å². The Kier molecular flexibility index (Phi) is 5.67. The number of nitrogens with zero attached hydrogens (tertiary/aromatic N) is 2. The predicted molar refractivity (Wildman–Crippen MR) is 124 cm³/mol. The van der Waals surface area contributed by atoms with E-state index in [1.165, 1.54) is 12.1 Å². The van der Waals surface area contributed by atoms with Crippen LogP contribution < -0.4 is 5.32 Å². The average Bonchev–Trinajstić information content (AvgIpc) is 3.01. The Bertz CT molecular complexity index is 1190. The molecule has 0 aliphatic carbocycles. The molecule has 0 atom stereocenters. The van der Waals surface area contributed by atoms with Crippen LogP contribution in [0.25, 0.3) is 5.69 Å². The predicted octanol–water partition coefficient (Wildman–Crippen LogP) is 6.82. The minimum Gasteiger partial charge on any atom is -0.370 e.